The lowest BCUT2D eigenvalue weighted by molar-refractivity contribution is 0.591. The van der Waals surface area contributed by atoms with Crippen LogP contribution in [0.3, 0.4) is 0 Å². The Labute approximate surface area is 182 Å². The summed E-state index contributed by atoms with van der Waals surface area (Å²) >= 11 is 0. The first kappa shape index (κ1) is 22.4. The standard InChI is InChI=1S/C19H23FN4O2S.HI/c1-21-19(23-14-15-6-8-17(20)9-7-15)22-11-13-27(25,26)24-12-10-16-4-2-3-5-18(16)24;/h2-9H,10-14H2,1H3,(H2,21,22,23);1H. The molecule has 152 valence electrons. The number of aliphatic imine (C=N–C) groups is 1. The van der Waals surface area contributed by atoms with E-state index in [-0.39, 0.29) is 42.1 Å². The normalized spacial score (nSPS) is 13.6. The summed E-state index contributed by atoms with van der Waals surface area (Å²) in [5.74, 6) is 0.185. The van der Waals surface area contributed by atoms with Crippen LogP contribution in [0.4, 0.5) is 10.1 Å². The molecule has 1 heterocycles. The molecule has 0 saturated heterocycles. The molecule has 0 saturated carbocycles. The molecule has 6 nitrogen and oxygen atoms in total. The van der Waals surface area contributed by atoms with Crippen LogP contribution in [0.1, 0.15) is 11.1 Å². The van der Waals surface area contributed by atoms with E-state index in [4.69, 9.17) is 0 Å². The Bertz CT molecular complexity index is 920. The molecule has 0 spiro atoms. The number of guanidine groups is 1. The van der Waals surface area contributed by atoms with Crippen LogP contribution in [-0.4, -0.2) is 40.3 Å². The highest BCUT2D eigenvalue weighted by Crippen LogP contribution is 2.29. The molecule has 0 aromatic heterocycles. The monoisotopic (exact) mass is 518 g/mol. The number of hydrogen-bond acceptors (Lipinski definition) is 3. The minimum Gasteiger partial charge on any atom is -0.355 e. The zero-order valence-electron chi connectivity index (χ0n) is 15.6. The minimum atomic E-state index is -3.40. The van der Waals surface area contributed by atoms with Crippen molar-refractivity contribution >= 4 is 45.6 Å². The highest BCUT2D eigenvalue weighted by molar-refractivity contribution is 14.0. The summed E-state index contributed by atoms with van der Waals surface area (Å²) in [4.78, 5) is 4.09. The van der Waals surface area contributed by atoms with Crippen LogP contribution in [0.2, 0.25) is 0 Å². The molecule has 2 aromatic rings. The second-order valence-corrected chi connectivity index (χ2v) is 8.26. The van der Waals surface area contributed by atoms with Gasteiger partial charge in [0.1, 0.15) is 5.82 Å². The van der Waals surface area contributed by atoms with Crippen LogP contribution in [0, 0.1) is 5.82 Å². The quantitative estimate of drug-likeness (QED) is 0.350. The molecule has 1 aliphatic heterocycles. The van der Waals surface area contributed by atoms with E-state index in [9.17, 15) is 12.8 Å². The van der Waals surface area contributed by atoms with Gasteiger partial charge in [0.25, 0.3) is 0 Å². The summed E-state index contributed by atoms with van der Waals surface area (Å²) in [6.07, 6.45) is 0.740. The average Bonchev–Trinajstić information content (AvgIpc) is 3.11. The van der Waals surface area contributed by atoms with Crippen LogP contribution in [0.15, 0.2) is 53.5 Å². The van der Waals surface area contributed by atoms with Crippen molar-refractivity contribution in [1.82, 2.24) is 10.6 Å². The van der Waals surface area contributed by atoms with E-state index in [2.05, 4.69) is 15.6 Å². The Kier molecular flexibility index (Phi) is 8.05. The maximum absolute atomic E-state index is 12.9. The molecule has 0 fully saturated rings. The SMILES string of the molecule is CN=C(NCCS(=O)(=O)N1CCc2ccccc21)NCc1ccc(F)cc1.I. The topological polar surface area (TPSA) is 73.8 Å². The summed E-state index contributed by atoms with van der Waals surface area (Å²) in [6, 6.07) is 13.7. The molecule has 28 heavy (non-hydrogen) atoms. The van der Waals surface area contributed by atoms with Gasteiger partial charge < -0.3 is 10.6 Å². The lowest BCUT2D eigenvalue weighted by atomic mass is 10.2. The summed E-state index contributed by atoms with van der Waals surface area (Å²) in [7, 11) is -1.79. The fraction of sp³-hybridized carbons (Fsp3) is 0.316. The van der Waals surface area contributed by atoms with Crippen molar-refractivity contribution in [1.29, 1.82) is 0 Å². The third kappa shape index (κ3) is 5.57. The predicted molar refractivity (Wildman–Crippen MR) is 121 cm³/mol. The summed E-state index contributed by atoms with van der Waals surface area (Å²) < 4.78 is 39.8. The summed E-state index contributed by atoms with van der Waals surface area (Å²) in [5, 5.41) is 6.10. The first-order valence-electron chi connectivity index (χ1n) is 8.77. The highest BCUT2D eigenvalue weighted by Gasteiger charge is 2.28. The number of nitrogens with zero attached hydrogens (tertiary/aromatic N) is 2. The summed E-state index contributed by atoms with van der Waals surface area (Å²) in [5.41, 5.74) is 2.74. The van der Waals surface area contributed by atoms with E-state index >= 15 is 0 Å². The molecule has 0 bridgehead atoms. The fourth-order valence-electron chi connectivity index (χ4n) is 3.01. The molecule has 1 aliphatic rings. The van der Waals surface area contributed by atoms with Gasteiger partial charge in [-0.2, -0.15) is 0 Å². The average molecular weight is 518 g/mol. The fourth-order valence-corrected chi connectivity index (χ4v) is 4.44. The van der Waals surface area contributed by atoms with Crippen LogP contribution in [0.25, 0.3) is 0 Å². The Morgan fingerprint density at radius 3 is 2.57 bits per heavy atom. The molecular weight excluding hydrogens is 494 g/mol. The van der Waals surface area contributed by atoms with Gasteiger partial charge in [-0.25, -0.2) is 12.8 Å². The van der Waals surface area contributed by atoms with Crippen LogP contribution >= 0.6 is 24.0 Å². The largest absolute Gasteiger partial charge is 0.355 e. The zero-order chi connectivity index (χ0) is 19.3. The van der Waals surface area contributed by atoms with Crippen LogP contribution < -0.4 is 14.9 Å². The maximum Gasteiger partial charge on any atom is 0.236 e. The first-order chi connectivity index (χ1) is 13.0. The number of halogens is 2. The lowest BCUT2D eigenvalue weighted by Gasteiger charge is -2.20. The van der Waals surface area contributed by atoms with Gasteiger partial charge in [-0.1, -0.05) is 30.3 Å². The van der Waals surface area contributed by atoms with E-state index in [1.807, 2.05) is 24.3 Å². The third-order valence-corrected chi connectivity index (χ3v) is 6.20. The van der Waals surface area contributed by atoms with Gasteiger partial charge in [0, 0.05) is 26.7 Å². The van der Waals surface area contributed by atoms with E-state index in [0.717, 1.165) is 23.2 Å². The number of para-hydroxylation sites is 1. The molecule has 0 radical (unpaired) electrons. The smallest absolute Gasteiger partial charge is 0.236 e. The Morgan fingerprint density at radius 1 is 1.14 bits per heavy atom. The molecule has 2 N–H and O–H groups in total. The molecule has 0 aliphatic carbocycles. The second-order valence-electron chi connectivity index (χ2n) is 6.25. The molecule has 0 unspecified atom stereocenters. The van der Waals surface area contributed by atoms with Gasteiger partial charge in [-0.05, 0) is 35.7 Å². The van der Waals surface area contributed by atoms with Crippen LogP contribution in [0.5, 0.6) is 0 Å². The number of hydrogen-bond donors (Lipinski definition) is 2. The Morgan fingerprint density at radius 2 is 1.86 bits per heavy atom. The Hall–Kier alpha value is -1.88. The second kappa shape index (κ2) is 10.1. The van der Waals surface area contributed by atoms with Crippen molar-refractivity contribution in [2.45, 2.75) is 13.0 Å². The van der Waals surface area contributed by atoms with Crippen LogP contribution in [-0.2, 0) is 23.0 Å². The maximum atomic E-state index is 12.9. The van der Waals surface area contributed by atoms with Gasteiger partial charge in [0.2, 0.25) is 10.0 Å². The zero-order valence-corrected chi connectivity index (χ0v) is 18.7. The minimum absolute atomic E-state index is 0. The number of anilines is 1. The van der Waals surface area contributed by atoms with E-state index in [0.29, 0.717) is 19.0 Å². The van der Waals surface area contributed by atoms with Crippen molar-refractivity contribution in [2.75, 3.05) is 30.2 Å². The van der Waals surface area contributed by atoms with Gasteiger partial charge in [-0.15, -0.1) is 24.0 Å². The van der Waals surface area contributed by atoms with Gasteiger partial charge in [0.15, 0.2) is 5.96 Å². The molecule has 3 rings (SSSR count). The van der Waals surface area contributed by atoms with Crippen molar-refractivity contribution < 1.29 is 12.8 Å². The van der Waals surface area contributed by atoms with Gasteiger partial charge >= 0.3 is 0 Å². The number of nitrogens with one attached hydrogen (secondary N) is 2. The highest BCUT2D eigenvalue weighted by atomic mass is 127. The van der Waals surface area contributed by atoms with Gasteiger partial charge in [0.05, 0.1) is 11.4 Å². The van der Waals surface area contributed by atoms with Gasteiger partial charge in [-0.3, -0.25) is 9.30 Å². The molecule has 0 atom stereocenters. The van der Waals surface area contributed by atoms with Crippen molar-refractivity contribution in [3.63, 3.8) is 0 Å². The van der Waals surface area contributed by atoms with E-state index in [1.54, 1.807) is 19.2 Å². The number of benzene rings is 2. The number of rotatable bonds is 6. The van der Waals surface area contributed by atoms with Crippen molar-refractivity contribution in [2.24, 2.45) is 4.99 Å². The number of sulfonamides is 1. The predicted octanol–water partition coefficient (Wildman–Crippen LogP) is 2.50. The molecular formula is C19H24FIN4O2S. The lowest BCUT2D eigenvalue weighted by Crippen LogP contribution is -2.41. The van der Waals surface area contributed by atoms with Crippen molar-refractivity contribution in [3.8, 4) is 0 Å². The number of fused-ring (bicyclic) bond motifs is 1. The first-order valence-corrected chi connectivity index (χ1v) is 10.4. The molecule has 0 amide bonds. The third-order valence-electron chi connectivity index (χ3n) is 4.43. The van der Waals surface area contributed by atoms with E-state index < -0.39 is 10.0 Å². The van der Waals surface area contributed by atoms with Crippen molar-refractivity contribution in [3.05, 3.63) is 65.5 Å². The Balaban J connectivity index is 0.00000280. The molecule has 2 aromatic carbocycles. The molecule has 9 heteroatoms. The summed E-state index contributed by atoms with van der Waals surface area (Å²) in [6.45, 7) is 1.19. The van der Waals surface area contributed by atoms with E-state index in [1.165, 1.54) is 16.4 Å².